The van der Waals surface area contributed by atoms with Crippen LogP contribution >= 0.6 is 0 Å². The molecule has 0 heterocycles. The molecule has 0 radical (unpaired) electrons. The van der Waals surface area contributed by atoms with E-state index in [0.717, 1.165) is 32.6 Å². The monoisotopic (exact) mass is 574 g/mol. The Morgan fingerprint density at radius 3 is 0.773 bits per heavy atom. The second kappa shape index (κ2) is 15.4. The minimum Gasteiger partial charge on any atom is -0.363 e. The van der Waals surface area contributed by atoms with E-state index in [1.54, 1.807) is 0 Å². The van der Waals surface area contributed by atoms with E-state index >= 15 is 0 Å². The summed E-state index contributed by atoms with van der Waals surface area (Å²) >= 11 is 0. The van der Waals surface area contributed by atoms with Crippen molar-refractivity contribution in [2.75, 3.05) is 9.80 Å². The zero-order valence-electron chi connectivity index (χ0n) is 24.6. The SMILES string of the molecule is C.c1ccc(CN(Cc2ccccc2)c2ccc(Cc3ccc(N(Cc4ccccc4)Cc4ccccc4)cc3)cc2)cc1. The third kappa shape index (κ3) is 8.49. The van der Waals surface area contributed by atoms with Crippen LogP contribution in [0.3, 0.4) is 0 Å². The first-order valence-corrected chi connectivity index (χ1v) is 15.1. The van der Waals surface area contributed by atoms with Gasteiger partial charge in [-0.1, -0.05) is 153 Å². The molecule has 44 heavy (non-hydrogen) atoms. The smallest absolute Gasteiger partial charge is 0.0433 e. The summed E-state index contributed by atoms with van der Waals surface area (Å²) in [5, 5.41) is 0. The number of nitrogens with zero attached hydrogens (tertiary/aromatic N) is 2. The molecule has 0 fully saturated rings. The first-order chi connectivity index (χ1) is 21.3. The number of hydrogen-bond donors (Lipinski definition) is 0. The van der Waals surface area contributed by atoms with Gasteiger partial charge in [0.15, 0.2) is 0 Å². The maximum atomic E-state index is 2.46. The maximum absolute atomic E-state index is 2.46. The summed E-state index contributed by atoms with van der Waals surface area (Å²) in [6, 6.07) is 61.1. The van der Waals surface area contributed by atoms with Crippen molar-refractivity contribution in [3.63, 3.8) is 0 Å². The fourth-order valence-corrected chi connectivity index (χ4v) is 5.58. The highest BCUT2D eigenvalue weighted by atomic mass is 15.1. The molecule has 6 rings (SSSR count). The Labute approximate surface area is 263 Å². The molecule has 0 amide bonds. The highest BCUT2D eigenvalue weighted by Gasteiger charge is 2.11. The van der Waals surface area contributed by atoms with Gasteiger partial charge in [-0.3, -0.25) is 0 Å². The Morgan fingerprint density at radius 1 is 0.273 bits per heavy atom. The molecular formula is C42H42N2. The molecule has 0 aliphatic carbocycles. The van der Waals surface area contributed by atoms with Crippen molar-refractivity contribution in [1.29, 1.82) is 0 Å². The van der Waals surface area contributed by atoms with Gasteiger partial charge in [-0.15, -0.1) is 0 Å². The molecule has 220 valence electrons. The largest absolute Gasteiger partial charge is 0.363 e. The lowest BCUT2D eigenvalue weighted by molar-refractivity contribution is 0.799. The summed E-state index contributed by atoms with van der Waals surface area (Å²) in [4.78, 5) is 4.91. The summed E-state index contributed by atoms with van der Waals surface area (Å²) in [5.74, 6) is 0. The van der Waals surface area contributed by atoms with Crippen molar-refractivity contribution >= 4 is 11.4 Å². The molecule has 0 saturated heterocycles. The van der Waals surface area contributed by atoms with E-state index in [1.165, 1.54) is 44.8 Å². The molecule has 2 heteroatoms. The molecule has 0 saturated carbocycles. The molecule has 0 spiro atoms. The average molecular weight is 575 g/mol. The van der Waals surface area contributed by atoms with Gasteiger partial charge in [0.1, 0.15) is 0 Å². The average Bonchev–Trinajstić information content (AvgIpc) is 3.07. The minimum absolute atomic E-state index is 0. The van der Waals surface area contributed by atoms with Crippen LogP contribution in [0.2, 0.25) is 0 Å². The summed E-state index contributed by atoms with van der Waals surface area (Å²) < 4.78 is 0. The lowest BCUT2D eigenvalue weighted by Crippen LogP contribution is -2.22. The highest BCUT2D eigenvalue weighted by molar-refractivity contribution is 5.52. The van der Waals surface area contributed by atoms with E-state index in [-0.39, 0.29) is 7.43 Å². The van der Waals surface area contributed by atoms with Crippen LogP contribution in [0.5, 0.6) is 0 Å². The molecule has 0 N–H and O–H groups in total. The predicted octanol–water partition coefficient (Wildman–Crippen LogP) is 10.3. The predicted molar refractivity (Wildman–Crippen MR) is 188 cm³/mol. The maximum Gasteiger partial charge on any atom is 0.0433 e. The third-order valence-corrected chi connectivity index (χ3v) is 7.88. The van der Waals surface area contributed by atoms with E-state index < -0.39 is 0 Å². The zero-order chi connectivity index (χ0) is 29.1. The van der Waals surface area contributed by atoms with Crippen LogP contribution in [-0.2, 0) is 32.6 Å². The van der Waals surface area contributed by atoms with Crippen LogP contribution < -0.4 is 9.80 Å². The van der Waals surface area contributed by atoms with Gasteiger partial charge in [0.05, 0.1) is 0 Å². The van der Waals surface area contributed by atoms with Gasteiger partial charge < -0.3 is 9.80 Å². The zero-order valence-corrected chi connectivity index (χ0v) is 24.6. The molecule has 0 aliphatic heterocycles. The van der Waals surface area contributed by atoms with E-state index in [4.69, 9.17) is 0 Å². The first kappa shape index (κ1) is 30.4. The van der Waals surface area contributed by atoms with Crippen molar-refractivity contribution in [2.45, 2.75) is 40.0 Å². The number of benzene rings is 6. The van der Waals surface area contributed by atoms with Crippen molar-refractivity contribution in [3.8, 4) is 0 Å². The van der Waals surface area contributed by atoms with E-state index in [1.807, 2.05) is 0 Å². The molecule has 0 atom stereocenters. The molecular weight excluding hydrogens is 532 g/mol. The van der Waals surface area contributed by atoms with Crippen LogP contribution in [0.4, 0.5) is 11.4 Å². The minimum atomic E-state index is 0. The van der Waals surface area contributed by atoms with Crippen LogP contribution in [0.15, 0.2) is 170 Å². The second-order valence-corrected chi connectivity index (χ2v) is 11.2. The van der Waals surface area contributed by atoms with Crippen molar-refractivity contribution in [3.05, 3.63) is 203 Å². The molecule has 0 unspecified atom stereocenters. The topological polar surface area (TPSA) is 6.48 Å². The highest BCUT2D eigenvalue weighted by Crippen LogP contribution is 2.25. The van der Waals surface area contributed by atoms with Crippen LogP contribution in [0.25, 0.3) is 0 Å². The van der Waals surface area contributed by atoms with Gasteiger partial charge in [-0.05, 0) is 64.1 Å². The molecule has 6 aromatic carbocycles. The Bertz CT molecular complexity index is 1440. The number of anilines is 2. The van der Waals surface area contributed by atoms with E-state index in [0.29, 0.717) is 0 Å². The Kier molecular flexibility index (Phi) is 10.6. The molecule has 2 nitrogen and oxygen atoms in total. The first-order valence-electron chi connectivity index (χ1n) is 15.1. The molecule has 6 aromatic rings. The Hall–Kier alpha value is -5.08. The van der Waals surface area contributed by atoms with Gasteiger partial charge >= 0.3 is 0 Å². The summed E-state index contributed by atoms with van der Waals surface area (Å²) in [6.45, 7) is 3.50. The summed E-state index contributed by atoms with van der Waals surface area (Å²) in [7, 11) is 0. The Balaban J connectivity index is 0.00000384. The van der Waals surface area contributed by atoms with Gasteiger partial charge in [-0.2, -0.15) is 0 Å². The molecule has 0 aliphatic rings. The fourth-order valence-electron chi connectivity index (χ4n) is 5.58. The molecule has 0 aromatic heterocycles. The normalized spacial score (nSPS) is 10.5. The lowest BCUT2D eigenvalue weighted by atomic mass is 10.0. The van der Waals surface area contributed by atoms with Crippen LogP contribution in [-0.4, -0.2) is 0 Å². The van der Waals surface area contributed by atoms with E-state index in [2.05, 4.69) is 180 Å². The van der Waals surface area contributed by atoms with Gasteiger partial charge in [-0.25, -0.2) is 0 Å². The van der Waals surface area contributed by atoms with Crippen molar-refractivity contribution in [1.82, 2.24) is 0 Å². The summed E-state index contributed by atoms with van der Waals surface area (Å²) in [5.41, 5.74) is 10.4. The fraction of sp³-hybridized carbons (Fsp3) is 0.143. The van der Waals surface area contributed by atoms with Gasteiger partial charge in [0, 0.05) is 37.6 Å². The molecule has 0 bridgehead atoms. The number of rotatable bonds is 12. The van der Waals surface area contributed by atoms with Crippen LogP contribution in [0.1, 0.15) is 40.8 Å². The lowest BCUT2D eigenvalue weighted by Gasteiger charge is -2.26. The van der Waals surface area contributed by atoms with Gasteiger partial charge in [0.2, 0.25) is 0 Å². The third-order valence-electron chi connectivity index (χ3n) is 7.88. The van der Waals surface area contributed by atoms with Gasteiger partial charge in [0.25, 0.3) is 0 Å². The standard InChI is InChI=1S/C41H38N2.CH4/c1-5-13-36(14-6-1)30-42(31-37-15-7-2-8-16-37)40-25-21-34(22-26-40)29-35-23-27-41(28-24-35)43(32-38-17-9-3-10-18-38)33-39-19-11-4-12-20-39;/h1-28H,29-33H2;1H4. The van der Waals surface area contributed by atoms with E-state index in [9.17, 15) is 0 Å². The van der Waals surface area contributed by atoms with Crippen molar-refractivity contribution < 1.29 is 0 Å². The number of hydrogen-bond acceptors (Lipinski definition) is 2. The quantitative estimate of drug-likeness (QED) is 0.143. The van der Waals surface area contributed by atoms with Crippen LogP contribution in [0, 0.1) is 0 Å². The Morgan fingerprint density at radius 2 is 0.523 bits per heavy atom. The van der Waals surface area contributed by atoms with Crippen molar-refractivity contribution in [2.24, 2.45) is 0 Å². The summed E-state index contributed by atoms with van der Waals surface area (Å²) in [6.07, 6.45) is 0.912. The second-order valence-electron chi connectivity index (χ2n) is 11.2.